The van der Waals surface area contributed by atoms with Gasteiger partial charge in [-0.1, -0.05) is 0 Å². The Bertz CT molecular complexity index is 2150. The second-order valence-corrected chi connectivity index (χ2v) is 16.6. The Balaban J connectivity index is 2.02. The monoisotopic (exact) mass is 723 g/mol. The van der Waals surface area contributed by atoms with Gasteiger partial charge in [0.05, 0.1) is 22.7 Å². The molecule has 0 spiro atoms. The number of pyridine rings is 2. The molecule has 54 heavy (non-hydrogen) atoms. The molecule has 2 heterocycles. The summed E-state index contributed by atoms with van der Waals surface area (Å²) in [4.78, 5) is 15.9. The van der Waals surface area contributed by atoms with Crippen molar-refractivity contribution in [3.8, 4) is 0 Å². The quantitative estimate of drug-likeness (QED) is 0.175. The molecule has 4 nitrogen and oxygen atoms in total. The predicted octanol–water partition coefficient (Wildman–Crippen LogP) is 14.2. The van der Waals surface area contributed by atoms with Crippen molar-refractivity contribution in [1.82, 2.24) is 9.97 Å². The molecule has 0 fully saturated rings. The lowest BCUT2D eigenvalue weighted by Gasteiger charge is -2.38. The second kappa shape index (κ2) is 14.3. The smallest absolute Gasteiger partial charge is 0.141 e. The van der Waals surface area contributed by atoms with Crippen LogP contribution in [0, 0.1) is 152 Å². The molecule has 0 unspecified atom stereocenters. The highest BCUT2D eigenvalue weighted by Crippen LogP contribution is 2.52. The molecule has 0 saturated heterocycles. The van der Waals surface area contributed by atoms with E-state index in [0.29, 0.717) is 0 Å². The fraction of sp³-hybridized carbons (Fsp3) is 0.440. The molecule has 0 aliphatic rings. The molecule has 0 saturated carbocycles. The van der Waals surface area contributed by atoms with Crippen molar-refractivity contribution >= 4 is 34.4 Å². The molecule has 0 radical (unpaired) electrons. The van der Waals surface area contributed by atoms with Crippen molar-refractivity contribution in [3.05, 3.63) is 123 Å². The lowest BCUT2D eigenvalue weighted by atomic mass is 9.88. The first-order valence-corrected chi connectivity index (χ1v) is 19.7. The zero-order chi connectivity index (χ0) is 40.7. The van der Waals surface area contributed by atoms with E-state index in [0.717, 1.165) is 23.0 Å². The Hall–Kier alpha value is -4.44. The molecule has 2 aromatic heterocycles. The van der Waals surface area contributed by atoms with Gasteiger partial charge in [-0.2, -0.15) is 0 Å². The zero-order valence-corrected chi connectivity index (χ0v) is 37.8. The average Bonchev–Trinajstić information content (AvgIpc) is 3.14. The van der Waals surface area contributed by atoms with Gasteiger partial charge in [-0.05, 0) is 264 Å². The maximum atomic E-state index is 5.44. The van der Waals surface area contributed by atoms with Gasteiger partial charge in [0.1, 0.15) is 11.6 Å². The van der Waals surface area contributed by atoms with Gasteiger partial charge in [0, 0.05) is 11.4 Å². The van der Waals surface area contributed by atoms with E-state index < -0.39 is 0 Å². The van der Waals surface area contributed by atoms with Crippen LogP contribution < -0.4 is 9.80 Å². The van der Waals surface area contributed by atoms with E-state index in [1.54, 1.807) is 0 Å². The van der Waals surface area contributed by atoms with Gasteiger partial charge < -0.3 is 0 Å². The number of aryl methyl sites for hydroxylation is 2. The van der Waals surface area contributed by atoms with Crippen molar-refractivity contribution in [2.24, 2.45) is 0 Å². The predicted molar refractivity (Wildman–Crippen MR) is 236 cm³/mol. The third-order valence-corrected chi connectivity index (χ3v) is 14.3. The molecule has 0 bridgehead atoms. The van der Waals surface area contributed by atoms with E-state index in [4.69, 9.17) is 9.97 Å². The van der Waals surface area contributed by atoms with E-state index in [1.165, 1.54) is 134 Å². The Morgan fingerprint density at radius 3 is 0.593 bits per heavy atom. The maximum Gasteiger partial charge on any atom is 0.141 e. The lowest BCUT2D eigenvalue weighted by molar-refractivity contribution is 1.01. The fourth-order valence-corrected chi connectivity index (χ4v) is 8.75. The third-order valence-electron chi connectivity index (χ3n) is 14.3. The number of hydrogen-bond donors (Lipinski definition) is 0. The van der Waals surface area contributed by atoms with Crippen LogP contribution in [-0.2, 0) is 0 Å². The standard InChI is InChI=1S/C50H66N4/c1-23-25(3)33(11)45(34(12)26(23)4)53(49-41(19)29(7)31(9)43(21)51-49)47-37(15)39(17)48(40(18)38(47)16)54(50-42(20)30(8)32(10)44(22)52-50)46-35(13)27(5)24(2)28(6)36(46)14/h1-22H3. The van der Waals surface area contributed by atoms with E-state index in [1.807, 2.05) is 0 Å². The molecule has 5 aromatic rings. The van der Waals surface area contributed by atoms with Gasteiger partial charge in [-0.15, -0.1) is 0 Å². The Labute approximate surface area is 328 Å². The summed E-state index contributed by atoms with van der Waals surface area (Å²) in [5.41, 5.74) is 32.9. The number of anilines is 6. The average molecular weight is 723 g/mol. The minimum atomic E-state index is 1.01. The van der Waals surface area contributed by atoms with Gasteiger partial charge in [0.2, 0.25) is 0 Å². The molecule has 0 atom stereocenters. The minimum absolute atomic E-state index is 1.01. The van der Waals surface area contributed by atoms with Crippen molar-refractivity contribution in [1.29, 1.82) is 0 Å². The molecular formula is C50H66N4. The summed E-state index contributed by atoms with van der Waals surface area (Å²) >= 11 is 0. The van der Waals surface area contributed by atoms with E-state index in [9.17, 15) is 0 Å². The number of hydrogen-bond acceptors (Lipinski definition) is 4. The van der Waals surface area contributed by atoms with Gasteiger partial charge in [0.25, 0.3) is 0 Å². The van der Waals surface area contributed by atoms with Gasteiger partial charge in [-0.25, -0.2) is 9.97 Å². The molecule has 4 heteroatoms. The van der Waals surface area contributed by atoms with Crippen LogP contribution in [0.3, 0.4) is 0 Å². The molecule has 0 aliphatic heterocycles. The Kier molecular flexibility index (Phi) is 10.8. The van der Waals surface area contributed by atoms with E-state index in [2.05, 4.69) is 162 Å². The minimum Gasteiger partial charge on any atom is -0.294 e. The summed E-state index contributed by atoms with van der Waals surface area (Å²) < 4.78 is 0. The number of aromatic nitrogens is 2. The van der Waals surface area contributed by atoms with Gasteiger partial charge >= 0.3 is 0 Å². The van der Waals surface area contributed by atoms with Crippen LogP contribution in [0.1, 0.15) is 123 Å². The lowest BCUT2D eigenvalue weighted by Crippen LogP contribution is -2.24. The third kappa shape index (κ3) is 5.96. The first-order valence-electron chi connectivity index (χ1n) is 19.7. The molecule has 0 amide bonds. The second-order valence-electron chi connectivity index (χ2n) is 16.6. The first-order chi connectivity index (χ1) is 25.0. The molecule has 0 aliphatic carbocycles. The fourth-order valence-electron chi connectivity index (χ4n) is 8.75. The first kappa shape index (κ1) is 40.7. The van der Waals surface area contributed by atoms with E-state index in [-0.39, 0.29) is 0 Å². The number of nitrogens with zero attached hydrogens (tertiary/aromatic N) is 4. The summed E-state index contributed by atoms with van der Waals surface area (Å²) in [5.74, 6) is 2.02. The highest BCUT2D eigenvalue weighted by atomic mass is 15.2. The van der Waals surface area contributed by atoms with Crippen LogP contribution >= 0.6 is 0 Å². The SMILES string of the molecule is Cc1nc(N(c2c(C)c(C)c(C)c(C)c2C)c2c(C)c(C)c(N(c3nc(C)c(C)c(C)c3C)c3c(C)c(C)c(C)c(C)c3C)c(C)c2C)c(C)c(C)c1C. The summed E-state index contributed by atoms with van der Waals surface area (Å²) in [6.45, 7) is 49.8. The largest absolute Gasteiger partial charge is 0.294 e. The number of rotatable bonds is 6. The van der Waals surface area contributed by atoms with Gasteiger partial charge in [0.15, 0.2) is 0 Å². The van der Waals surface area contributed by atoms with Crippen LogP contribution in [-0.4, -0.2) is 9.97 Å². The molecular weight excluding hydrogens is 657 g/mol. The van der Waals surface area contributed by atoms with Crippen LogP contribution in [0.5, 0.6) is 0 Å². The van der Waals surface area contributed by atoms with Crippen LogP contribution in [0.4, 0.5) is 34.4 Å². The normalized spacial score (nSPS) is 11.5. The van der Waals surface area contributed by atoms with Crippen molar-refractivity contribution in [2.45, 2.75) is 152 Å². The highest BCUT2D eigenvalue weighted by Gasteiger charge is 2.33. The summed E-state index contributed by atoms with van der Waals surface area (Å²) in [5, 5.41) is 0. The highest BCUT2D eigenvalue weighted by molar-refractivity contribution is 5.92. The molecule has 5 rings (SSSR count). The van der Waals surface area contributed by atoms with Crippen LogP contribution in [0.25, 0.3) is 0 Å². The van der Waals surface area contributed by atoms with Crippen LogP contribution in [0.15, 0.2) is 0 Å². The maximum absolute atomic E-state index is 5.44. The Morgan fingerprint density at radius 1 is 0.204 bits per heavy atom. The Morgan fingerprint density at radius 2 is 0.370 bits per heavy atom. The number of benzene rings is 3. The van der Waals surface area contributed by atoms with Gasteiger partial charge in [-0.3, -0.25) is 9.80 Å². The topological polar surface area (TPSA) is 32.3 Å². The van der Waals surface area contributed by atoms with E-state index >= 15 is 0 Å². The molecule has 3 aromatic carbocycles. The zero-order valence-electron chi connectivity index (χ0n) is 37.8. The molecule has 286 valence electrons. The summed E-state index contributed by atoms with van der Waals surface area (Å²) in [6, 6.07) is 0. The van der Waals surface area contributed by atoms with Crippen molar-refractivity contribution < 1.29 is 0 Å². The van der Waals surface area contributed by atoms with Crippen LogP contribution in [0.2, 0.25) is 0 Å². The molecule has 0 N–H and O–H groups in total. The summed E-state index contributed by atoms with van der Waals surface area (Å²) in [7, 11) is 0. The van der Waals surface area contributed by atoms with Crippen molar-refractivity contribution in [3.63, 3.8) is 0 Å². The summed E-state index contributed by atoms with van der Waals surface area (Å²) in [6.07, 6.45) is 0. The van der Waals surface area contributed by atoms with Crippen molar-refractivity contribution in [2.75, 3.05) is 9.80 Å².